The molecule has 2 aliphatic rings. The van der Waals surface area contributed by atoms with E-state index in [4.69, 9.17) is 0 Å². The van der Waals surface area contributed by atoms with Crippen molar-refractivity contribution >= 4 is 17.3 Å². The molecule has 1 aliphatic carbocycles. The van der Waals surface area contributed by atoms with Crippen molar-refractivity contribution in [1.29, 1.82) is 0 Å². The third-order valence-electron chi connectivity index (χ3n) is 4.50. The summed E-state index contributed by atoms with van der Waals surface area (Å²) in [6.07, 6.45) is 4.27. The Hall–Kier alpha value is -1.75. The third kappa shape index (κ3) is 3.91. The maximum atomic E-state index is 11.8. The Bertz CT molecular complexity index is 508. The van der Waals surface area contributed by atoms with Crippen molar-refractivity contribution in [2.24, 2.45) is 5.92 Å². The lowest BCUT2D eigenvalue weighted by Gasteiger charge is -2.34. The van der Waals surface area contributed by atoms with Crippen molar-refractivity contribution in [1.82, 2.24) is 5.32 Å². The van der Waals surface area contributed by atoms with Crippen LogP contribution in [0.1, 0.15) is 25.7 Å². The summed E-state index contributed by atoms with van der Waals surface area (Å²) in [7, 11) is 0. The molecule has 2 fully saturated rings. The van der Waals surface area contributed by atoms with Gasteiger partial charge in [-0.25, -0.2) is 0 Å². The lowest BCUT2D eigenvalue weighted by Crippen LogP contribution is -2.36. The molecule has 22 heavy (non-hydrogen) atoms. The van der Waals surface area contributed by atoms with E-state index >= 15 is 0 Å². The molecule has 0 aromatic heterocycles. The Kier molecular flexibility index (Phi) is 4.83. The summed E-state index contributed by atoms with van der Waals surface area (Å²) in [4.78, 5) is 14.2. The molecule has 1 saturated heterocycles. The zero-order valence-electron chi connectivity index (χ0n) is 12.9. The minimum absolute atomic E-state index is 0.0660. The van der Waals surface area contributed by atoms with E-state index in [0.29, 0.717) is 18.5 Å². The fraction of sp³-hybridized carbons (Fsp3) is 0.588. The van der Waals surface area contributed by atoms with Crippen LogP contribution in [0.5, 0.6) is 0 Å². The van der Waals surface area contributed by atoms with Crippen molar-refractivity contribution in [3.05, 3.63) is 24.3 Å². The number of nitrogens with zero attached hydrogens (tertiary/aromatic N) is 1. The number of amides is 1. The highest BCUT2D eigenvalue weighted by Crippen LogP contribution is 2.29. The van der Waals surface area contributed by atoms with E-state index in [9.17, 15) is 9.90 Å². The van der Waals surface area contributed by atoms with E-state index in [-0.39, 0.29) is 12.5 Å². The van der Waals surface area contributed by atoms with Crippen molar-refractivity contribution in [2.75, 3.05) is 36.5 Å². The topological polar surface area (TPSA) is 64.6 Å². The molecule has 3 N–H and O–H groups in total. The highest BCUT2D eigenvalue weighted by atomic mass is 16.3. The smallest absolute Gasteiger partial charge is 0.239 e. The van der Waals surface area contributed by atoms with Gasteiger partial charge in [-0.15, -0.1) is 0 Å². The van der Waals surface area contributed by atoms with Gasteiger partial charge in [-0.2, -0.15) is 0 Å². The number of aliphatic hydroxyl groups excluding tert-OH is 1. The molecular formula is C17H25N3O2. The molecule has 1 aromatic carbocycles. The summed E-state index contributed by atoms with van der Waals surface area (Å²) in [5.41, 5.74) is 2.16. The molecule has 1 saturated carbocycles. The summed E-state index contributed by atoms with van der Waals surface area (Å²) >= 11 is 0. The van der Waals surface area contributed by atoms with E-state index in [0.717, 1.165) is 50.1 Å². The normalized spacial score (nSPS) is 19.0. The monoisotopic (exact) mass is 303 g/mol. The van der Waals surface area contributed by atoms with Crippen molar-refractivity contribution in [3.8, 4) is 0 Å². The van der Waals surface area contributed by atoms with E-state index in [1.807, 2.05) is 18.2 Å². The van der Waals surface area contributed by atoms with Gasteiger partial charge in [0.15, 0.2) is 0 Å². The van der Waals surface area contributed by atoms with Crippen LogP contribution in [0, 0.1) is 5.92 Å². The predicted molar refractivity (Wildman–Crippen MR) is 88.1 cm³/mol. The first-order valence-electron chi connectivity index (χ1n) is 8.24. The van der Waals surface area contributed by atoms with Crippen molar-refractivity contribution < 1.29 is 9.90 Å². The number of hydrogen-bond donors (Lipinski definition) is 3. The molecule has 0 atom stereocenters. The molecular weight excluding hydrogens is 278 g/mol. The molecule has 0 bridgehead atoms. The van der Waals surface area contributed by atoms with Crippen LogP contribution in [0.3, 0.4) is 0 Å². The van der Waals surface area contributed by atoms with Gasteiger partial charge in [0.1, 0.15) is 0 Å². The van der Waals surface area contributed by atoms with Gasteiger partial charge in [-0.05, 0) is 43.7 Å². The molecule has 1 heterocycles. The van der Waals surface area contributed by atoms with Gasteiger partial charge in [0.25, 0.3) is 0 Å². The van der Waals surface area contributed by atoms with Crippen LogP contribution in [-0.2, 0) is 4.79 Å². The highest BCUT2D eigenvalue weighted by Gasteiger charge is 2.23. The summed E-state index contributed by atoms with van der Waals surface area (Å²) in [6.45, 7) is 2.52. The maximum Gasteiger partial charge on any atom is 0.239 e. The minimum atomic E-state index is 0.0660. The van der Waals surface area contributed by atoms with Crippen LogP contribution in [-0.4, -0.2) is 43.3 Å². The maximum absolute atomic E-state index is 11.8. The lowest BCUT2D eigenvalue weighted by atomic mass is 9.97. The van der Waals surface area contributed by atoms with Gasteiger partial charge < -0.3 is 20.6 Å². The third-order valence-corrected chi connectivity index (χ3v) is 4.50. The zero-order chi connectivity index (χ0) is 15.4. The molecule has 0 spiro atoms. The first-order valence-corrected chi connectivity index (χ1v) is 8.24. The zero-order valence-corrected chi connectivity index (χ0v) is 12.9. The average Bonchev–Trinajstić information content (AvgIpc) is 3.37. The van der Waals surface area contributed by atoms with E-state index < -0.39 is 0 Å². The SMILES string of the molecule is O=C(CNc1ccccc1N1CCC(CO)CC1)NC1CC1. The number of rotatable bonds is 6. The van der Waals surface area contributed by atoms with Crippen molar-refractivity contribution in [2.45, 2.75) is 31.7 Å². The summed E-state index contributed by atoms with van der Waals surface area (Å²) in [6, 6.07) is 8.55. The molecule has 120 valence electrons. The molecule has 1 amide bonds. The molecule has 0 unspecified atom stereocenters. The molecule has 5 heteroatoms. The number of anilines is 2. The van der Waals surface area contributed by atoms with Crippen molar-refractivity contribution in [3.63, 3.8) is 0 Å². The molecule has 5 nitrogen and oxygen atoms in total. The largest absolute Gasteiger partial charge is 0.396 e. The average molecular weight is 303 g/mol. The fourth-order valence-corrected chi connectivity index (χ4v) is 2.94. The number of carbonyl (C=O) groups is 1. The molecule has 1 aliphatic heterocycles. The Morgan fingerprint density at radius 1 is 1.18 bits per heavy atom. The summed E-state index contributed by atoms with van der Waals surface area (Å²) in [5.74, 6) is 0.497. The number of piperidine rings is 1. The van der Waals surface area contributed by atoms with E-state index in [1.165, 1.54) is 0 Å². The van der Waals surface area contributed by atoms with Gasteiger partial charge >= 0.3 is 0 Å². The number of nitrogens with one attached hydrogen (secondary N) is 2. The molecule has 3 rings (SSSR count). The van der Waals surface area contributed by atoms with Gasteiger partial charge in [-0.3, -0.25) is 4.79 Å². The van der Waals surface area contributed by atoms with Crippen LogP contribution < -0.4 is 15.5 Å². The summed E-state index contributed by atoms with van der Waals surface area (Å²) < 4.78 is 0. The van der Waals surface area contributed by atoms with Crippen LogP contribution in [0.25, 0.3) is 0 Å². The predicted octanol–water partition coefficient (Wildman–Crippen LogP) is 1.59. The van der Waals surface area contributed by atoms with Gasteiger partial charge in [0.05, 0.1) is 17.9 Å². The van der Waals surface area contributed by atoms with Crippen LogP contribution >= 0.6 is 0 Å². The Labute approximate surface area is 131 Å². The number of hydrogen-bond acceptors (Lipinski definition) is 4. The van der Waals surface area contributed by atoms with Crippen LogP contribution in [0.15, 0.2) is 24.3 Å². The second-order valence-corrected chi connectivity index (χ2v) is 6.33. The fourth-order valence-electron chi connectivity index (χ4n) is 2.94. The minimum Gasteiger partial charge on any atom is -0.396 e. The van der Waals surface area contributed by atoms with Gasteiger partial charge in [0.2, 0.25) is 5.91 Å². The first kappa shape index (κ1) is 15.2. The second-order valence-electron chi connectivity index (χ2n) is 6.33. The van der Waals surface area contributed by atoms with E-state index in [2.05, 4.69) is 21.6 Å². The van der Waals surface area contributed by atoms with Gasteiger partial charge in [-0.1, -0.05) is 12.1 Å². The second kappa shape index (κ2) is 7.01. The lowest BCUT2D eigenvalue weighted by molar-refractivity contribution is -0.119. The number of para-hydroxylation sites is 2. The molecule has 0 radical (unpaired) electrons. The Balaban J connectivity index is 1.58. The first-order chi connectivity index (χ1) is 10.8. The quantitative estimate of drug-likeness (QED) is 0.747. The van der Waals surface area contributed by atoms with Crippen LogP contribution in [0.2, 0.25) is 0 Å². The Morgan fingerprint density at radius 3 is 2.59 bits per heavy atom. The number of benzene rings is 1. The summed E-state index contributed by atoms with van der Waals surface area (Å²) in [5, 5.41) is 15.5. The Morgan fingerprint density at radius 2 is 1.91 bits per heavy atom. The van der Waals surface area contributed by atoms with E-state index in [1.54, 1.807) is 0 Å². The number of aliphatic hydroxyl groups is 1. The standard InChI is InChI=1S/C17H25N3O2/c21-12-13-7-9-20(10-8-13)16-4-2-1-3-15(16)18-11-17(22)19-14-5-6-14/h1-4,13-14,18,21H,5-12H2,(H,19,22). The highest BCUT2D eigenvalue weighted by molar-refractivity contribution is 5.83. The van der Waals surface area contributed by atoms with Crippen LogP contribution in [0.4, 0.5) is 11.4 Å². The van der Waals surface area contributed by atoms with Gasteiger partial charge in [0, 0.05) is 25.7 Å². The number of carbonyl (C=O) groups excluding carboxylic acids is 1. The molecule has 1 aromatic rings.